The van der Waals surface area contributed by atoms with Crippen molar-refractivity contribution in [2.75, 3.05) is 127 Å². The number of benzene rings is 4. The first-order valence-electron chi connectivity index (χ1n) is 43.6. The third-order valence-corrected chi connectivity index (χ3v) is 27.3. The van der Waals surface area contributed by atoms with Crippen molar-refractivity contribution in [3.8, 4) is 0 Å². The number of aromatic nitrogens is 6. The number of amides is 7. The fourth-order valence-electron chi connectivity index (χ4n) is 15.9. The van der Waals surface area contributed by atoms with Crippen LogP contribution in [0.3, 0.4) is 0 Å². The number of hydrogen-bond donors (Lipinski definition) is 21. The number of carboxylic acid groups (broad SMARTS) is 4. The fraction of sp³-hybridized carbons (Fsp3) is 0.442. The minimum absolute atomic E-state index is 0. The average Bonchev–Trinajstić information content (AvgIpc) is 0.913. The van der Waals surface area contributed by atoms with Crippen molar-refractivity contribution in [1.29, 1.82) is 0 Å². The van der Waals surface area contributed by atoms with Crippen molar-refractivity contribution < 1.29 is 158 Å². The van der Waals surface area contributed by atoms with Gasteiger partial charge in [0.1, 0.15) is 46.8 Å². The van der Waals surface area contributed by atoms with E-state index in [9.17, 15) is 131 Å². The van der Waals surface area contributed by atoms with Gasteiger partial charge < -0.3 is 101 Å². The Morgan fingerprint density at radius 1 is 0.457 bits per heavy atom. The van der Waals surface area contributed by atoms with Gasteiger partial charge in [-0.25, -0.2) is 26.8 Å². The molecule has 0 unspecified atom stereocenters. The molecule has 0 spiro atoms. The number of carbonyl (C=O) groups excluding carboxylic acids is 8. The van der Waals surface area contributed by atoms with Crippen LogP contribution in [0.4, 0.5) is 11.9 Å². The van der Waals surface area contributed by atoms with Crippen LogP contribution in [0.25, 0.3) is 21.8 Å². The number of Topliss-reactive ketones (excluding diaryl/α,β-unsaturated/α-hetero) is 1. The number of H-pyrrole nitrogens is 2. The van der Waals surface area contributed by atoms with E-state index in [1.165, 1.54) is 73.3 Å². The third kappa shape index (κ3) is 34.6. The summed E-state index contributed by atoms with van der Waals surface area (Å²) >= 11 is 0. The number of aryl methyl sites for hydroxylation is 8. The molecule has 1 aliphatic rings. The molecule has 4 aromatic heterocycles. The van der Waals surface area contributed by atoms with E-state index in [-0.39, 0.29) is 166 Å². The maximum Gasteiger partial charge on any atom is 0.323 e. The fourth-order valence-corrected chi connectivity index (χ4v) is 20.5. The smallest absolute Gasteiger partial charge is 0.323 e. The molecule has 0 aliphatic carbocycles. The Balaban J connectivity index is 0.0000240. The zero-order chi connectivity index (χ0) is 102. The molecule has 9 rings (SSSR count). The van der Waals surface area contributed by atoms with Crippen molar-refractivity contribution in [3.63, 3.8) is 0 Å². The molecule has 140 heavy (non-hydrogen) atoms. The van der Waals surface area contributed by atoms with E-state index in [1.54, 1.807) is 88.6 Å². The molecule has 5 heterocycles. The predicted octanol–water partition coefficient (Wildman–Crippen LogP) is -0.801. The first-order valence-corrected chi connectivity index (χ1v) is 49.9. The first kappa shape index (κ1) is 113. The predicted molar refractivity (Wildman–Crippen MR) is 506 cm³/mol. The van der Waals surface area contributed by atoms with Gasteiger partial charge in [0.25, 0.3) is 21.9 Å². The Bertz CT molecular complexity index is 6290. The summed E-state index contributed by atoms with van der Waals surface area (Å²) in [4.78, 5) is 211. The SMILES string of the molecule is CC(=O)[C@H](CNC(=O)c1cn(CCCNC(=O)[C@H](CS(=O)(=O)O)NC(=O)[C@H](CCC(=O)N[C@@H](CS(O)(O)O)C(=O)NCCCn2cc(C(=O)NC[C@H](NS(=O)(=O)c3c(C)cc(C)cc3C)C(=O)O)c(=O)c3ccc(CNc4ncc[nH]4)cc32)NC(=O)CN2CCN(CC(=O)O)CCN(CC(=O)O)CCN(CC(=O)O)CC2)c2cc(CNc3ncc[nH]3)ccc2c1=O)NS(=O)(=O)c1c(C)cc(C)cc1C.[Lu]. The number of carboxylic acids is 4. The van der Waals surface area contributed by atoms with Gasteiger partial charge in [0.05, 0.1) is 69.7 Å². The summed E-state index contributed by atoms with van der Waals surface area (Å²) in [5, 5.41) is 62.4. The van der Waals surface area contributed by atoms with Gasteiger partial charge in [-0.3, -0.25) is 91.3 Å². The molecule has 5 atom stereocenters. The number of sulfonamides is 2. The number of ketones is 1. The second kappa shape index (κ2) is 51.6. The Morgan fingerprint density at radius 3 is 1.20 bits per heavy atom. The zero-order valence-corrected chi connectivity index (χ0v) is 82.1. The molecule has 1 fully saturated rings. The maximum atomic E-state index is 14.9. The molecule has 771 valence electrons. The van der Waals surface area contributed by atoms with Crippen LogP contribution in [-0.2, 0) is 104 Å². The van der Waals surface area contributed by atoms with E-state index in [0.29, 0.717) is 45.3 Å². The van der Waals surface area contributed by atoms with E-state index < -0.39 is 234 Å². The molecular weight excluding hydrogens is 2080 g/mol. The number of nitrogens with zero attached hydrogens (tertiary/aromatic N) is 8. The van der Waals surface area contributed by atoms with Crippen molar-refractivity contribution >= 4 is 146 Å². The number of pyridine rings is 2. The summed E-state index contributed by atoms with van der Waals surface area (Å²) < 4.78 is 130. The third-order valence-electron chi connectivity index (χ3n) is 22.2. The van der Waals surface area contributed by atoms with Crippen molar-refractivity contribution in [1.82, 2.24) is 95.3 Å². The first-order chi connectivity index (χ1) is 65.4. The van der Waals surface area contributed by atoms with E-state index >= 15 is 0 Å². The summed E-state index contributed by atoms with van der Waals surface area (Å²) in [5.41, 5.74) is 1.85. The monoisotopic (exact) mass is 2190 g/mol. The molecular formula is C86H115LuN21O28S4. The van der Waals surface area contributed by atoms with Crippen LogP contribution in [-0.4, -0.2) is 330 Å². The number of anilines is 2. The van der Waals surface area contributed by atoms with Crippen LogP contribution in [0.2, 0.25) is 0 Å². The number of carbonyl (C=O) groups is 12. The normalized spacial score (nSPS) is 14.7. The summed E-state index contributed by atoms with van der Waals surface area (Å²) in [6, 6.07) is 5.83. The van der Waals surface area contributed by atoms with Crippen LogP contribution in [0, 0.1) is 78.4 Å². The number of rotatable bonds is 49. The van der Waals surface area contributed by atoms with Gasteiger partial charge >= 0.3 is 23.9 Å². The molecule has 8 aromatic rings. The van der Waals surface area contributed by atoms with Gasteiger partial charge in [0, 0.05) is 196 Å². The second-order valence-electron chi connectivity index (χ2n) is 33.6. The molecule has 1 saturated heterocycles. The Hall–Kier alpha value is -11.8. The molecule has 0 saturated carbocycles. The summed E-state index contributed by atoms with van der Waals surface area (Å²) in [6.07, 6.45) is 6.39. The van der Waals surface area contributed by atoms with Crippen LogP contribution >= 0.6 is 10.9 Å². The van der Waals surface area contributed by atoms with Crippen molar-refractivity contribution in [2.45, 2.75) is 140 Å². The molecule has 4 aromatic carbocycles. The van der Waals surface area contributed by atoms with Gasteiger partial charge in [0.2, 0.25) is 60.4 Å². The number of imidazole rings is 2. The summed E-state index contributed by atoms with van der Waals surface area (Å²) in [7, 11) is -18.9. The Morgan fingerprint density at radius 2 is 0.836 bits per heavy atom. The van der Waals surface area contributed by atoms with E-state index in [1.807, 2.05) is 0 Å². The van der Waals surface area contributed by atoms with E-state index in [4.69, 9.17) is 0 Å². The molecule has 1 radical (unpaired) electrons. The minimum Gasteiger partial charge on any atom is -0.480 e. The average molecular weight is 2190 g/mol. The van der Waals surface area contributed by atoms with Crippen LogP contribution in [0.15, 0.2) is 117 Å². The summed E-state index contributed by atoms with van der Waals surface area (Å²) in [6.45, 7) is 5.53. The number of nitrogens with one attached hydrogen (secondary N) is 13. The Kier molecular flexibility index (Phi) is 41.8. The van der Waals surface area contributed by atoms with Crippen LogP contribution in [0.5, 0.6) is 0 Å². The van der Waals surface area contributed by atoms with Crippen molar-refractivity contribution in [3.05, 3.63) is 174 Å². The Labute approximate surface area is 834 Å². The minimum atomic E-state index is -5.28. The maximum absolute atomic E-state index is 14.9. The van der Waals surface area contributed by atoms with Gasteiger partial charge in [-0.15, -0.1) is 0 Å². The molecule has 0 bridgehead atoms. The standard InChI is InChI=1S/C86H115N21O28S4.Lu/c1-50-32-52(3)77(53(4)33-50)138(132,133)100-64(56(7)108)40-93-79(119)61-42-106(68-36-57(10-12-59(68)75(61)117)38-95-85-89-18-19-90-85)23-9-17-88-82(122)67(49-137(129,130)131)99-83(123)63(97-71(110)44-102-24-26-103(45-72(111)112)28-30-105(47-74(115)116)31-29-104(27-25-102)46-73(113)114)14-15-70(109)98-66(48-136(126,127)128)81(121)87-16-8-22-107-43-62(76(118)60-13-11-58(37-69(60)107)39-96-86-91-20-21-92-86)80(120)94-41-65(84(124)125)101-139(134,135)78-54(5)34-51(2)35-55(78)6;/h10-13,18-21,32-37,42-43,63-67,100-101,126-128H,8-9,14-17,22-31,38-41,44-49H2,1-7H3,(H,87,121)(H,88,122)(H,93,119)(H,94,120)(H,97,110)(H,98,109)(H,99,123)(H,111,112)(H,113,114)(H,115,116)(H,124,125)(H2,89,90,95)(H2,91,92,96)(H,129,130,131);/t63-,64-,65-,66-,67-;/m0./s1. The topological polar surface area (TPSA) is 716 Å². The van der Waals surface area contributed by atoms with Gasteiger partial charge in [-0.2, -0.15) is 17.9 Å². The number of aromatic amines is 2. The molecule has 7 amide bonds. The largest absolute Gasteiger partial charge is 0.480 e. The number of fused-ring (bicyclic) bond motifs is 2. The van der Waals surface area contributed by atoms with E-state index in [2.05, 4.69) is 77.2 Å². The quantitative estimate of drug-likeness (QED) is 0.0164. The van der Waals surface area contributed by atoms with Gasteiger partial charge in [-0.1, -0.05) is 47.5 Å². The van der Waals surface area contributed by atoms with Crippen LogP contribution < -0.4 is 68.2 Å². The molecule has 54 heteroatoms. The number of hydrogen-bond acceptors (Lipinski definition) is 31. The number of aliphatic carboxylic acids is 4. The van der Waals surface area contributed by atoms with E-state index in [0.717, 1.165) is 24.2 Å². The molecule has 49 nitrogen and oxygen atoms in total. The molecule has 1 aliphatic heterocycles. The van der Waals surface area contributed by atoms with Gasteiger partial charge in [-0.05, 0) is 125 Å². The van der Waals surface area contributed by atoms with Gasteiger partial charge in [0.15, 0.2) is 11.9 Å². The van der Waals surface area contributed by atoms with Crippen molar-refractivity contribution in [2.24, 2.45) is 0 Å². The second-order valence-corrected chi connectivity index (χ2v) is 39.9. The zero-order valence-electron chi connectivity index (χ0n) is 77.2. The molecule has 21 N–H and O–H groups in total. The summed E-state index contributed by atoms with van der Waals surface area (Å²) in [5.74, 6) is -16.6. The van der Waals surface area contributed by atoms with Crippen LogP contribution in [0.1, 0.15) is 97.8 Å².